The van der Waals surface area contributed by atoms with E-state index < -0.39 is 9.84 Å². The number of ether oxygens (including phenoxy) is 1. The molecule has 2 aromatic rings. The van der Waals surface area contributed by atoms with Crippen LogP contribution in [0, 0.1) is 5.92 Å². The van der Waals surface area contributed by atoms with Crippen LogP contribution in [0.15, 0.2) is 64.4 Å². The van der Waals surface area contributed by atoms with E-state index in [9.17, 15) is 8.42 Å². The maximum atomic E-state index is 12.5. The maximum Gasteiger partial charge on any atom is 0.206 e. The normalized spacial score (nSPS) is 15.0. The van der Waals surface area contributed by atoms with E-state index in [1.807, 2.05) is 0 Å². The molecule has 1 aliphatic rings. The first-order chi connectivity index (χ1) is 9.66. The molecule has 3 nitrogen and oxygen atoms in total. The molecule has 0 aromatic heterocycles. The van der Waals surface area contributed by atoms with Gasteiger partial charge in [-0.15, -0.1) is 0 Å². The van der Waals surface area contributed by atoms with E-state index in [0.29, 0.717) is 23.2 Å². The highest BCUT2D eigenvalue weighted by Crippen LogP contribution is 2.30. The van der Waals surface area contributed by atoms with E-state index in [1.54, 1.807) is 54.6 Å². The first kappa shape index (κ1) is 13.2. The third-order valence-corrected chi connectivity index (χ3v) is 5.12. The largest absolute Gasteiger partial charge is 0.493 e. The van der Waals surface area contributed by atoms with E-state index in [0.717, 1.165) is 0 Å². The lowest BCUT2D eigenvalue weighted by molar-refractivity contribution is 0.299. The van der Waals surface area contributed by atoms with Crippen molar-refractivity contribution in [3.8, 4) is 5.75 Å². The van der Waals surface area contributed by atoms with Crippen molar-refractivity contribution in [1.82, 2.24) is 0 Å². The molecular weight excluding hydrogens is 272 g/mol. The van der Waals surface area contributed by atoms with Gasteiger partial charge < -0.3 is 4.74 Å². The van der Waals surface area contributed by atoms with Crippen molar-refractivity contribution in [3.05, 3.63) is 54.6 Å². The molecule has 3 rings (SSSR count). The summed E-state index contributed by atoms with van der Waals surface area (Å²) >= 11 is 0. The van der Waals surface area contributed by atoms with Crippen LogP contribution in [0.2, 0.25) is 0 Å². The van der Waals surface area contributed by atoms with Crippen LogP contribution >= 0.6 is 0 Å². The van der Waals surface area contributed by atoms with Crippen LogP contribution in [0.5, 0.6) is 5.75 Å². The van der Waals surface area contributed by atoms with Gasteiger partial charge in [0.05, 0.1) is 16.4 Å². The summed E-state index contributed by atoms with van der Waals surface area (Å²) in [5, 5.41) is 0. The van der Waals surface area contributed by atoms with Crippen LogP contribution in [-0.2, 0) is 9.84 Å². The number of benzene rings is 2. The lowest BCUT2D eigenvalue weighted by Gasteiger charge is -2.08. The minimum atomic E-state index is -3.46. The van der Waals surface area contributed by atoms with Gasteiger partial charge in [-0.3, -0.25) is 0 Å². The van der Waals surface area contributed by atoms with Gasteiger partial charge in [0.2, 0.25) is 9.84 Å². The third-order valence-electron chi connectivity index (χ3n) is 3.35. The summed E-state index contributed by atoms with van der Waals surface area (Å²) in [4.78, 5) is 0.580. The average Bonchev–Trinajstić information content (AvgIpc) is 3.31. The van der Waals surface area contributed by atoms with Gasteiger partial charge in [0.25, 0.3) is 0 Å². The van der Waals surface area contributed by atoms with Crippen molar-refractivity contribution in [1.29, 1.82) is 0 Å². The van der Waals surface area contributed by atoms with Crippen molar-refractivity contribution in [2.75, 3.05) is 6.61 Å². The molecule has 0 N–H and O–H groups in total. The second kappa shape index (κ2) is 5.29. The molecule has 1 fully saturated rings. The Morgan fingerprint density at radius 1 is 0.950 bits per heavy atom. The Morgan fingerprint density at radius 3 is 2.35 bits per heavy atom. The SMILES string of the molecule is O=S(=O)(c1ccccc1)c1cccc(OCC2CC2)c1. The van der Waals surface area contributed by atoms with Crippen LogP contribution in [0.4, 0.5) is 0 Å². The highest BCUT2D eigenvalue weighted by atomic mass is 32.2. The lowest BCUT2D eigenvalue weighted by atomic mass is 10.3. The van der Waals surface area contributed by atoms with Crippen molar-refractivity contribution in [3.63, 3.8) is 0 Å². The molecule has 104 valence electrons. The van der Waals surface area contributed by atoms with Gasteiger partial charge in [-0.2, -0.15) is 0 Å². The van der Waals surface area contributed by atoms with E-state index in [1.165, 1.54) is 12.8 Å². The van der Waals surface area contributed by atoms with Gasteiger partial charge in [-0.1, -0.05) is 24.3 Å². The van der Waals surface area contributed by atoms with E-state index >= 15 is 0 Å². The Bertz CT molecular complexity index is 689. The van der Waals surface area contributed by atoms with Gasteiger partial charge in [-0.05, 0) is 49.1 Å². The summed E-state index contributed by atoms with van der Waals surface area (Å²) in [7, 11) is -3.46. The van der Waals surface area contributed by atoms with Gasteiger partial charge in [0, 0.05) is 0 Å². The molecule has 0 unspecified atom stereocenters. The molecule has 1 saturated carbocycles. The number of hydrogen-bond acceptors (Lipinski definition) is 3. The highest BCUT2D eigenvalue weighted by molar-refractivity contribution is 7.91. The number of hydrogen-bond donors (Lipinski definition) is 0. The number of sulfone groups is 1. The first-order valence-corrected chi connectivity index (χ1v) is 8.17. The lowest BCUT2D eigenvalue weighted by Crippen LogP contribution is -2.03. The Hall–Kier alpha value is -1.81. The fourth-order valence-corrected chi connectivity index (χ4v) is 3.28. The second-order valence-electron chi connectivity index (χ2n) is 5.05. The second-order valence-corrected chi connectivity index (χ2v) is 7.00. The zero-order valence-corrected chi connectivity index (χ0v) is 11.8. The molecule has 0 spiro atoms. The van der Waals surface area contributed by atoms with Crippen molar-refractivity contribution in [2.24, 2.45) is 5.92 Å². The summed E-state index contributed by atoms with van der Waals surface area (Å²) in [6.07, 6.45) is 2.42. The van der Waals surface area contributed by atoms with Crippen molar-refractivity contribution < 1.29 is 13.2 Å². The molecular formula is C16H16O3S. The van der Waals surface area contributed by atoms with Gasteiger partial charge >= 0.3 is 0 Å². The fourth-order valence-electron chi connectivity index (χ4n) is 1.97. The monoisotopic (exact) mass is 288 g/mol. The Balaban J connectivity index is 1.87. The van der Waals surface area contributed by atoms with Gasteiger partial charge in [-0.25, -0.2) is 8.42 Å². The Kier molecular flexibility index (Phi) is 3.49. The van der Waals surface area contributed by atoms with Gasteiger partial charge in [0.15, 0.2) is 0 Å². The van der Waals surface area contributed by atoms with E-state index in [2.05, 4.69) is 0 Å². The summed E-state index contributed by atoms with van der Waals surface area (Å²) in [5.41, 5.74) is 0. The molecule has 20 heavy (non-hydrogen) atoms. The first-order valence-electron chi connectivity index (χ1n) is 6.69. The molecule has 0 bridgehead atoms. The van der Waals surface area contributed by atoms with Crippen LogP contribution in [0.25, 0.3) is 0 Å². The zero-order valence-electron chi connectivity index (χ0n) is 11.0. The molecule has 1 aliphatic carbocycles. The van der Waals surface area contributed by atoms with Crippen LogP contribution in [-0.4, -0.2) is 15.0 Å². The number of rotatable bonds is 5. The molecule has 0 heterocycles. The predicted molar refractivity (Wildman–Crippen MR) is 76.6 cm³/mol. The summed E-state index contributed by atoms with van der Waals surface area (Å²) in [6, 6.07) is 15.2. The quantitative estimate of drug-likeness (QED) is 0.847. The Morgan fingerprint density at radius 2 is 1.65 bits per heavy atom. The third kappa shape index (κ3) is 2.85. The van der Waals surface area contributed by atoms with E-state index in [-0.39, 0.29) is 4.90 Å². The fraction of sp³-hybridized carbons (Fsp3) is 0.250. The highest BCUT2D eigenvalue weighted by Gasteiger charge is 2.22. The van der Waals surface area contributed by atoms with Gasteiger partial charge in [0.1, 0.15) is 5.75 Å². The summed E-state index contributed by atoms with van der Waals surface area (Å²) < 4.78 is 30.6. The summed E-state index contributed by atoms with van der Waals surface area (Å²) in [6.45, 7) is 0.675. The molecule has 0 saturated heterocycles. The zero-order chi connectivity index (χ0) is 14.0. The standard InChI is InChI=1S/C16H16O3S/c17-20(18,15-6-2-1-3-7-15)16-8-4-5-14(11-16)19-12-13-9-10-13/h1-8,11,13H,9-10,12H2. The summed E-state index contributed by atoms with van der Waals surface area (Å²) in [5.74, 6) is 1.26. The molecule has 0 radical (unpaired) electrons. The van der Waals surface area contributed by atoms with Crippen LogP contribution < -0.4 is 4.74 Å². The topological polar surface area (TPSA) is 43.4 Å². The van der Waals surface area contributed by atoms with Crippen LogP contribution in [0.3, 0.4) is 0 Å². The minimum Gasteiger partial charge on any atom is -0.493 e. The average molecular weight is 288 g/mol. The molecule has 2 aromatic carbocycles. The van der Waals surface area contributed by atoms with E-state index in [4.69, 9.17) is 4.74 Å². The molecule has 0 aliphatic heterocycles. The smallest absolute Gasteiger partial charge is 0.206 e. The maximum absolute atomic E-state index is 12.5. The van der Waals surface area contributed by atoms with Crippen molar-refractivity contribution in [2.45, 2.75) is 22.6 Å². The van der Waals surface area contributed by atoms with Crippen molar-refractivity contribution >= 4 is 9.84 Å². The molecule has 0 amide bonds. The Labute approximate surface area is 119 Å². The molecule has 0 atom stereocenters. The predicted octanol–water partition coefficient (Wildman–Crippen LogP) is 3.31. The van der Waals surface area contributed by atoms with Crippen LogP contribution in [0.1, 0.15) is 12.8 Å². The minimum absolute atomic E-state index is 0.275. The molecule has 4 heteroatoms.